The molecule has 0 saturated heterocycles. The van der Waals surface area contributed by atoms with Crippen molar-refractivity contribution in [2.45, 2.75) is 19.6 Å². The van der Waals surface area contributed by atoms with Gasteiger partial charge in [0, 0.05) is 0 Å². The molecule has 100 valence electrons. The molecule has 0 amide bonds. The van der Waals surface area contributed by atoms with Gasteiger partial charge in [0.2, 0.25) is 6.33 Å². The topological polar surface area (TPSA) is 81.2 Å². The number of hydrogen-bond acceptors (Lipinski definition) is 4. The van der Waals surface area contributed by atoms with Gasteiger partial charge < -0.3 is 19.8 Å². The molecule has 19 heavy (non-hydrogen) atoms. The fourth-order valence-electron chi connectivity index (χ4n) is 1.85. The van der Waals surface area contributed by atoms with Crippen LogP contribution in [0, 0.1) is 22.9 Å². The quantitative estimate of drug-likeness (QED) is 0.677. The molecule has 0 aliphatic rings. The number of nitro groups is 1. The van der Waals surface area contributed by atoms with E-state index in [0.29, 0.717) is 11.1 Å². The summed E-state index contributed by atoms with van der Waals surface area (Å²) >= 11 is 0. The molecule has 1 unspecified atom stereocenters. The van der Waals surface area contributed by atoms with Crippen molar-refractivity contribution in [3.63, 3.8) is 0 Å². The van der Waals surface area contributed by atoms with Crippen molar-refractivity contribution in [2.75, 3.05) is 0 Å². The Morgan fingerprint density at radius 3 is 2.89 bits per heavy atom. The Morgan fingerprint density at radius 2 is 2.32 bits per heavy atom. The monoisotopic (exact) mass is 265 g/mol. The van der Waals surface area contributed by atoms with Crippen molar-refractivity contribution < 1.29 is 14.4 Å². The van der Waals surface area contributed by atoms with Crippen LogP contribution in [-0.2, 0) is 6.54 Å². The first kappa shape index (κ1) is 13.2. The minimum absolute atomic E-state index is 0.118. The predicted molar refractivity (Wildman–Crippen MR) is 65.0 cm³/mol. The minimum atomic E-state index is -0.880. The van der Waals surface area contributed by atoms with E-state index in [1.165, 1.54) is 35.3 Å². The first-order chi connectivity index (χ1) is 8.97. The van der Waals surface area contributed by atoms with Crippen LogP contribution < -0.4 is 0 Å². The molecule has 2 rings (SSSR count). The number of halogens is 1. The Bertz CT molecular complexity index is 612. The first-order valence-electron chi connectivity index (χ1n) is 5.57. The Hall–Kier alpha value is -2.28. The highest BCUT2D eigenvalue weighted by molar-refractivity contribution is 5.28. The van der Waals surface area contributed by atoms with Crippen molar-refractivity contribution in [2.24, 2.45) is 0 Å². The molecule has 1 atom stereocenters. The summed E-state index contributed by atoms with van der Waals surface area (Å²) in [5.74, 6) is -0.644. The van der Waals surface area contributed by atoms with Gasteiger partial charge in [-0.15, -0.1) is 0 Å². The number of aryl methyl sites for hydroxylation is 1. The summed E-state index contributed by atoms with van der Waals surface area (Å²) in [4.78, 5) is 13.5. The highest BCUT2D eigenvalue weighted by Crippen LogP contribution is 2.20. The molecule has 1 aromatic carbocycles. The zero-order valence-electron chi connectivity index (χ0n) is 10.2. The van der Waals surface area contributed by atoms with Gasteiger partial charge in [0.15, 0.2) is 0 Å². The molecule has 2 aromatic rings. The molecular weight excluding hydrogens is 253 g/mol. The van der Waals surface area contributed by atoms with Crippen LogP contribution in [0.2, 0.25) is 0 Å². The predicted octanol–water partition coefficient (Wildman–Crippen LogP) is 1.97. The van der Waals surface area contributed by atoms with Gasteiger partial charge in [0.1, 0.15) is 12.0 Å². The summed E-state index contributed by atoms with van der Waals surface area (Å²) in [6.45, 7) is 1.81. The number of benzene rings is 1. The molecule has 0 aliphatic heterocycles. The van der Waals surface area contributed by atoms with Gasteiger partial charge in [0.05, 0.1) is 12.6 Å². The van der Waals surface area contributed by atoms with E-state index in [4.69, 9.17) is 0 Å². The van der Waals surface area contributed by atoms with Gasteiger partial charge in [-0.05, 0) is 40.1 Å². The van der Waals surface area contributed by atoms with Gasteiger partial charge in [-0.3, -0.25) is 0 Å². The Kier molecular flexibility index (Phi) is 3.57. The highest BCUT2D eigenvalue weighted by atomic mass is 19.1. The Morgan fingerprint density at radius 1 is 1.58 bits per heavy atom. The first-order valence-corrected chi connectivity index (χ1v) is 5.57. The SMILES string of the molecule is Cc1cc(F)ccc1C(O)Cn1cnc([N+](=O)[O-])c1. The van der Waals surface area contributed by atoms with E-state index >= 15 is 0 Å². The third kappa shape index (κ3) is 2.94. The molecule has 0 aliphatic carbocycles. The van der Waals surface area contributed by atoms with E-state index < -0.39 is 11.0 Å². The lowest BCUT2D eigenvalue weighted by Crippen LogP contribution is -2.08. The van der Waals surface area contributed by atoms with Crippen LogP contribution in [0.25, 0.3) is 0 Å². The van der Waals surface area contributed by atoms with Gasteiger partial charge in [-0.2, -0.15) is 0 Å². The molecule has 0 radical (unpaired) electrons. The average Bonchev–Trinajstić information content (AvgIpc) is 2.77. The third-order valence-electron chi connectivity index (χ3n) is 2.78. The van der Waals surface area contributed by atoms with Gasteiger partial charge in [-0.1, -0.05) is 6.07 Å². The number of aliphatic hydroxyl groups excluding tert-OH is 1. The fraction of sp³-hybridized carbons (Fsp3) is 0.250. The second kappa shape index (κ2) is 5.15. The lowest BCUT2D eigenvalue weighted by atomic mass is 10.0. The molecular formula is C12H12FN3O3. The van der Waals surface area contributed by atoms with Crippen LogP contribution in [0.3, 0.4) is 0 Å². The van der Waals surface area contributed by atoms with Crippen LogP contribution in [0.15, 0.2) is 30.7 Å². The van der Waals surface area contributed by atoms with Gasteiger partial charge in [-0.25, -0.2) is 4.39 Å². The lowest BCUT2D eigenvalue weighted by molar-refractivity contribution is -0.389. The summed E-state index contributed by atoms with van der Waals surface area (Å²) < 4.78 is 14.4. The molecule has 0 bridgehead atoms. The molecule has 0 fully saturated rings. The largest absolute Gasteiger partial charge is 0.387 e. The molecule has 0 spiro atoms. The maximum Gasteiger partial charge on any atom is 0.381 e. The Balaban J connectivity index is 2.15. The smallest absolute Gasteiger partial charge is 0.381 e. The maximum absolute atomic E-state index is 13.0. The molecule has 1 N–H and O–H groups in total. The van der Waals surface area contributed by atoms with Crippen molar-refractivity contribution in [3.8, 4) is 0 Å². The van der Waals surface area contributed by atoms with Gasteiger partial charge >= 0.3 is 5.82 Å². The lowest BCUT2D eigenvalue weighted by Gasteiger charge is -2.13. The molecule has 1 heterocycles. The molecule has 7 heteroatoms. The fourth-order valence-corrected chi connectivity index (χ4v) is 1.85. The van der Waals surface area contributed by atoms with Crippen LogP contribution in [0.1, 0.15) is 17.2 Å². The Labute approximate surface area is 108 Å². The minimum Gasteiger partial charge on any atom is -0.387 e. The summed E-state index contributed by atoms with van der Waals surface area (Å²) in [7, 11) is 0. The van der Waals surface area contributed by atoms with Crippen LogP contribution in [0.5, 0.6) is 0 Å². The summed E-state index contributed by atoms with van der Waals surface area (Å²) in [5, 5.41) is 20.5. The van der Waals surface area contributed by atoms with E-state index in [1.54, 1.807) is 6.92 Å². The zero-order chi connectivity index (χ0) is 14.0. The number of hydrogen-bond donors (Lipinski definition) is 1. The zero-order valence-corrected chi connectivity index (χ0v) is 10.2. The third-order valence-corrected chi connectivity index (χ3v) is 2.78. The van der Waals surface area contributed by atoms with E-state index in [0.717, 1.165) is 0 Å². The van der Waals surface area contributed by atoms with Gasteiger partial charge in [0.25, 0.3) is 0 Å². The number of aromatic nitrogens is 2. The van der Waals surface area contributed by atoms with Crippen molar-refractivity contribution in [1.29, 1.82) is 0 Å². The summed E-state index contributed by atoms with van der Waals surface area (Å²) in [6.07, 6.45) is 1.64. The summed E-state index contributed by atoms with van der Waals surface area (Å²) in [5.41, 5.74) is 1.21. The number of nitrogens with zero attached hydrogens (tertiary/aromatic N) is 3. The van der Waals surface area contributed by atoms with E-state index in [2.05, 4.69) is 4.98 Å². The molecule has 6 nitrogen and oxygen atoms in total. The normalized spacial score (nSPS) is 12.4. The van der Waals surface area contributed by atoms with Crippen LogP contribution in [0.4, 0.5) is 10.2 Å². The average molecular weight is 265 g/mol. The second-order valence-corrected chi connectivity index (χ2v) is 4.20. The number of rotatable bonds is 4. The van der Waals surface area contributed by atoms with Crippen molar-refractivity contribution >= 4 is 5.82 Å². The highest BCUT2D eigenvalue weighted by Gasteiger charge is 2.15. The van der Waals surface area contributed by atoms with E-state index in [9.17, 15) is 19.6 Å². The summed E-state index contributed by atoms with van der Waals surface area (Å²) in [6, 6.07) is 4.09. The van der Waals surface area contributed by atoms with E-state index in [-0.39, 0.29) is 18.2 Å². The number of imidazole rings is 1. The molecule has 1 aromatic heterocycles. The van der Waals surface area contributed by atoms with Crippen molar-refractivity contribution in [1.82, 2.24) is 9.55 Å². The van der Waals surface area contributed by atoms with Crippen LogP contribution >= 0.6 is 0 Å². The standard InChI is InChI=1S/C12H12FN3O3/c1-8-4-9(13)2-3-10(8)11(17)5-15-6-12(14-7-15)16(18)19/h2-4,6-7,11,17H,5H2,1H3. The second-order valence-electron chi connectivity index (χ2n) is 4.20. The number of aliphatic hydroxyl groups is 1. The maximum atomic E-state index is 13.0. The van der Waals surface area contributed by atoms with Crippen molar-refractivity contribution in [3.05, 3.63) is 57.8 Å². The van der Waals surface area contributed by atoms with Crippen LogP contribution in [-0.4, -0.2) is 19.6 Å². The van der Waals surface area contributed by atoms with E-state index in [1.807, 2.05) is 0 Å². The molecule has 0 saturated carbocycles.